The lowest BCUT2D eigenvalue weighted by Gasteiger charge is -2.47. The SMILES string of the molecule is CCOc1ccc(C[C@]2(CN3C[C@H]4C[C@@H](C3)c3cccc(=O)n3C4)C(=O)NC(=O)N(c3ccc(OC)cc3)C2=O)cc1. The summed E-state index contributed by atoms with van der Waals surface area (Å²) in [6.45, 7) is 4.40. The predicted octanol–water partition coefficient (Wildman–Crippen LogP) is 3.19. The maximum absolute atomic E-state index is 14.5. The number of benzene rings is 2. The molecule has 0 unspecified atom stereocenters. The van der Waals surface area contributed by atoms with Crippen LogP contribution in [0.4, 0.5) is 10.5 Å². The highest BCUT2D eigenvalue weighted by molar-refractivity contribution is 6.30. The lowest BCUT2D eigenvalue weighted by Crippen LogP contribution is -2.68. The number of ether oxygens (including phenoxy) is 2. The molecule has 3 atom stereocenters. The smallest absolute Gasteiger partial charge is 0.335 e. The number of amides is 4. The molecular formula is C32H34N4O6. The molecule has 2 bridgehead atoms. The van der Waals surface area contributed by atoms with Gasteiger partial charge in [0, 0.05) is 43.9 Å². The number of nitrogens with zero attached hydrogens (tertiary/aromatic N) is 3. The first-order chi connectivity index (χ1) is 20.3. The second kappa shape index (κ2) is 11.1. The molecule has 0 spiro atoms. The van der Waals surface area contributed by atoms with Gasteiger partial charge in [0.2, 0.25) is 5.91 Å². The number of likely N-dealkylation sites (tertiary alicyclic amines) is 1. The first kappa shape index (κ1) is 27.7. The second-order valence-electron chi connectivity index (χ2n) is 11.3. The van der Waals surface area contributed by atoms with Gasteiger partial charge >= 0.3 is 6.03 Å². The summed E-state index contributed by atoms with van der Waals surface area (Å²) in [6.07, 6.45) is 1.05. The van der Waals surface area contributed by atoms with Crippen molar-refractivity contribution in [3.8, 4) is 11.5 Å². The van der Waals surface area contributed by atoms with Gasteiger partial charge in [-0.05, 0) is 73.7 Å². The molecule has 0 aliphatic carbocycles. The minimum Gasteiger partial charge on any atom is -0.497 e. The summed E-state index contributed by atoms with van der Waals surface area (Å²) in [5.41, 5.74) is 0.547. The second-order valence-corrected chi connectivity index (χ2v) is 11.3. The molecule has 3 aliphatic heterocycles. The first-order valence-electron chi connectivity index (χ1n) is 14.3. The van der Waals surface area contributed by atoms with E-state index >= 15 is 0 Å². The number of hydrogen-bond acceptors (Lipinski definition) is 7. The minimum absolute atomic E-state index is 0.00176. The molecule has 1 aromatic heterocycles. The predicted molar refractivity (Wildman–Crippen MR) is 156 cm³/mol. The van der Waals surface area contributed by atoms with Crippen molar-refractivity contribution in [3.05, 3.63) is 88.3 Å². The summed E-state index contributed by atoms with van der Waals surface area (Å²) in [7, 11) is 1.54. The number of fused-ring (bicyclic) bond motifs is 4. The standard InChI is InChI=1S/C32H34N4O6/c1-3-42-26-11-7-21(8-12-26)16-32(20-34-17-22-15-23(19-34)27-5-4-6-28(37)35(27)18-22)29(38)33-31(40)36(30(32)39)24-9-13-25(41-2)14-10-24/h4-14,22-23H,3,15-20H2,1-2H3,(H,33,38,40)/t22-,23+,32+/m1/s1. The maximum atomic E-state index is 14.5. The zero-order chi connectivity index (χ0) is 29.4. The Morgan fingerprint density at radius 1 is 0.905 bits per heavy atom. The van der Waals surface area contributed by atoms with Crippen LogP contribution in [-0.4, -0.2) is 60.7 Å². The molecule has 2 saturated heterocycles. The van der Waals surface area contributed by atoms with Crippen LogP contribution in [0.25, 0.3) is 0 Å². The van der Waals surface area contributed by atoms with E-state index in [1.165, 1.54) is 7.11 Å². The van der Waals surface area contributed by atoms with E-state index < -0.39 is 23.3 Å². The molecule has 6 rings (SSSR count). The highest BCUT2D eigenvalue weighted by Crippen LogP contribution is 2.39. The van der Waals surface area contributed by atoms with Crippen molar-refractivity contribution in [2.75, 3.05) is 38.3 Å². The van der Waals surface area contributed by atoms with Gasteiger partial charge < -0.3 is 18.9 Å². The van der Waals surface area contributed by atoms with Crippen LogP contribution < -0.4 is 25.2 Å². The van der Waals surface area contributed by atoms with Crippen molar-refractivity contribution < 1.29 is 23.9 Å². The van der Waals surface area contributed by atoms with Gasteiger partial charge in [-0.25, -0.2) is 9.69 Å². The van der Waals surface area contributed by atoms with Gasteiger partial charge in [-0.15, -0.1) is 0 Å². The van der Waals surface area contributed by atoms with Crippen molar-refractivity contribution >= 4 is 23.5 Å². The van der Waals surface area contributed by atoms with Gasteiger partial charge in [0.25, 0.3) is 11.5 Å². The molecule has 4 heterocycles. The molecule has 218 valence electrons. The summed E-state index contributed by atoms with van der Waals surface area (Å²) in [5, 5.41) is 2.49. The zero-order valence-electron chi connectivity index (χ0n) is 23.7. The van der Waals surface area contributed by atoms with Gasteiger partial charge in [-0.1, -0.05) is 18.2 Å². The topological polar surface area (TPSA) is 110 Å². The fraction of sp³-hybridized carbons (Fsp3) is 0.375. The van der Waals surface area contributed by atoms with Crippen LogP contribution in [0.1, 0.15) is 30.5 Å². The van der Waals surface area contributed by atoms with Crippen LogP contribution in [-0.2, 0) is 22.6 Å². The first-order valence-corrected chi connectivity index (χ1v) is 14.3. The Hall–Kier alpha value is -4.44. The fourth-order valence-electron chi connectivity index (χ4n) is 6.72. The number of barbiturate groups is 1. The number of pyridine rings is 1. The average Bonchev–Trinajstić information content (AvgIpc) is 2.98. The highest BCUT2D eigenvalue weighted by atomic mass is 16.5. The third kappa shape index (κ3) is 4.96. The average molecular weight is 571 g/mol. The molecule has 4 amide bonds. The van der Waals surface area contributed by atoms with Crippen molar-refractivity contribution in [2.24, 2.45) is 11.3 Å². The van der Waals surface area contributed by atoms with Crippen LogP contribution in [0.5, 0.6) is 11.5 Å². The number of urea groups is 1. The van der Waals surface area contributed by atoms with E-state index in [1.54, 1.807) is 36.4 Å². The number of carbonyl (C=O) groups excluding carboxylic acids is 3. The largest absolute Gasteiger partial charge is 0.497 e. The molecule has 10 heteroatoms. The van der Waals surface area contributed by atoms with Gasteiger partial charge in [-0.3, -0.25) is 19.7 Å². The maximum Gasteiger partial charge on any atom is 0.335 e. The number of imide groups is 2. The third-order valence-electron chi connectivity index (χ3n) is 8.59. The van der Waals surface area contributed by atoms with Gasteiger partial charge in [0.15, 0.2) is 0 Å². The summed E-state index contributed by atoms with van der Waals surface area (Å²) >= 11 is 0. The molecule has 0 radical (unpaired) electrons. The molecule has 3 aromatic rings. The minimum atomic E-state index is -1.57. The Bertz CT molecular complexity index is 1570. The van der Waals surface area contributed by atoms with Crippen LogP contribution in [0, 0.1) is 11.3 Å². The Morgan fingerprint density at radius 2 is 1.64 bits per heavy atom. The Labute approximate surface area is 243 Å². The molecule has 0 saturated carbocycles. The van der Waals surface area contributed by atoms with Crippen LogP contribution >= 0.6 is 0 Å². The Kier molecular flexibility index (Phi) is 7.32. The quantitative estimate of drug-likeness (QED) is 0.414. The number of nitrogens with one attached hydrogen (secondary N) is 1. The van der Waals surface area contributed by atoms with Gasteiger partial charge in [-0.2, -0.15) is 0 Å². The molecule has 42 heavy (non-hydrogen) atoms. The summed E-state index contributed by atoms with van der Waals surface area (Å²) in [4.78, 5) is 57.2. The number of rotatable bonds is 8. The zero-order valence-corrected chi connectivity index (χ0v) is 23.7. The van der Waals surface area contributed by atoms with Crippen molar-refractivity contribution in [1.82, 2.24) is 14.8 Å². The fourth-order valence-corrected chi connectivity index (χ4v) is 6.72. The summed E-state index contributed by atoms with van der Waals surface area (Å²) in [6, 6.07) is 18.6. The Balaban J connectivity index is 1.36. The number of piperidine rings is 1. The summed E-state index contributed by atoms with van der Waals surface area (Å²) in [5.74, 6) is 0.420. The monoisotopic (exact) mass is 570 g/mol. The molecule has 1 N–H and O–H groups in total. The normalized spacial score (nSPS) is 23.8. The van der Waals surface area contributed by atoms with E-state index in [9.17, 15) is 19.2 Å². The van der Waals surface area contributed by atoms with Gasteiger partial charge in [0.05, 0.1) is 19.4 Å². The number of carbonyl (C=O) groups is 3. The van der Waals surface area contributed by atoms with Crippen molar-refractivity contribution in [2.45, 2.75) is 32.2 Å². The van der Waals surface area contributed by atoms with Crippen LogP contribution in [0.3, 0.4) is 0 Å². The van der Waals surface area contributed by atoms with E-state index in [1.807, 2.05) is 41.8 Å². The molecule has 2 aromatic carbocycles. The van der Waals surface area contributed by atoms with Crippen LogP contribution in [0.2, 0.25) is 0 Å². The van der Waals surface area contributed by atoms with Crippen molar-refractivity contribution in [1.29, 1.82) is 0 Å². The third-order valence-corrected chi connectivity index (χ3v) is 8.59. The van der Waals surface area contributed by atoms with E-state index in [0.717, 1.165) is 22.6 Å². The number of methoxy groups -OCH3 is 1. The number of anilines is 1. The highest BCUT2D eigenvalue weighted by Gasteiger charge is 2.55. The van der Waals surface area contributed by atoms with Gasteiger partial charge in [0.1, 0.15) is 16.9 Å². The number of aromatic nitrogens is 1. The van der Waals surface area contributed by atoms with E-state index in [4.69, 9.17) is 9.47 Å². The van der Waals surface area contributed by atoms with Crippen LogP contribution in [0.15, 0.2) is 71.5 Å². The van der Waals surface area contributed by atoms with Crippen molar-refractivity contribution in [3.63, 3.8) is 0 Å². The van der Waals surface area contributed by atoms with E-state index in [2.05, 4.69) is 10.2 Å². The van der Waals surface area contributed by atoms with E-state index in [-0.39, 0.29) is 30.4 Å². The molecular weight excluding hydrogens is 536 g/mol. The molecule has 10 nitrogen and oxygen atoms in total. The number of hydrogen-bond donors (Lipinski definition) is 1. The lowest BCUT2D eigenvalue weighted by atomic mass is 9.75. The lowest BCUT2D eigenvalue weighted by molar-refractivity contribution is -0.144. The van der Waals surface area contributed by atoms with E-state index in [0.29, 0.717) is 43.4 Å². The molecule has 3 aliphatic rings. The Morgan fingerprint density at radius 3 is 2.36 bits per heavy atom. The molecule has 2 fully saturated rings. The summed E-state index contributed by atoms with van der Waals surface area (Å²) < 4.78 is 12.7.